The lowest BCUT2D eigenvalue weighted by Crippen LogP contribution is -2.48. The summed E-state index contributed by atoms with van der Waals surface area (Å²) in [5.41, 5.74) is 0. The van der Waals surface area contributed by atoms with Gasteiger partial charge in [-0.05, 0) is 38.8 Å². The molecular weight excluding hydrogens is 364 g/mol. The van der Waals surface area contributed by atoms with Gasteiger partial charge in [0.2, 0.25) is 5.95 Å². The molecule has 8 nitrogen and oxygen atoms in total. The van der Waals surface area contributed by atoms with E-state index in [0.29, 0.717) is 18.0 Å². The first-order valence-corrected chi connectivity index (χ1v) is 11.0. The number of guanidine groups is 1. The van der Waals surface area contributed by atoms with Gasteiger partial charge in [0.25, 0.3) is 0 Å². The fourth-order valence-corrected chi connectivity index (χ4v) is 4.12. The predicted octanol–water partition coefficient (Wildman–Crippen LogP) is 0.882. The van der Waals surface area contributed by atoms with Crippen LogP contribution in [0.5, 0.6) is 0 Å². The second-order valence-corrected chi connectivity index (χ2v) is 8.51. The van der Waals surface area contributed by atoms with Gasteiger partial charge in [-0.25, -0.2) is 9.97 Å². The molecule has 0 saturated carbocycles. The predicted molar refractivity (Wildman–Crippen MR) is 119 cm³/mol. The second-order valence-electron chi connectivity index (χ2n) is 8.51. The van der Waals surface area contributed by atoms with Crippen LogP contribution in [0.15, 0.2) is 23.5 Å². The first kappa shape index (κ1) is 21.8. The highest BCUT2D eigenvalue weighted by molar-refractivity contribution is 5.80. The molecule has 0 radical (unpaired) electrons. The number of nitrogens with one attached hydrogen (secondary N) is 2. The van der Waals surface area contributed by atoms with E-state index < -0.39 is 0 Å². The maximum Gasteiger partial charge on any atom is 0.225 e. The number of piperazine rings is 1. The Kier molecular flexibility index (Phi) is 8.06. The van der Waals surface area contributed by atoms with Crippen LogP contribution >= 0.6 is 0 Å². The van der Waals surface area contributed by atoms with Gasteiger partial charge in [-0.15, -0.1) is 0 Å². The van der Waals surface area contributed by atoms with Crippen molar-refractivity contribution in [3.63, 3.8) is 0 Å². The van der Waals surface area contributed by atoms with E-state index in [1.807, 2.05) is 25.5 Å². The van der Waals surface area contributed by atoms with Crippen LogP contribution in [0, 0.1) is 5.92 Å². The van der Waals surface area contributed by atoms with Gasteiger partial charge in [0.15, 0.2) is 5.96 Å². The molecule has 2 saturated heterocycles. The highest BCUT2D eigenvalue weighted by atomic mass is 15.3. The summed E-state index contributed by atoms with van der Waals surface area (Å²) >= 11 is 0. The molecule has 2 aliphatic heterocycles. The van der Waals surface area contributed by atoms with Crippen molar-refractivity contribution in [2.75, 3.05) is 64.3 Å². The first-order valence-electron chi connectivity index (χ1n) is 11.0. The molecule has 1 aromatic heterocycles. The third kappa shape index (κ3) is 6.27. The molecule has 2 fully saturated rings. The molecule has 2 atom stereocenters. The van der Waals surface area contributed by atoms with Crippen LogP contribution in [-0.4, -0.2) is 97.2 Å². The molecule has 3 rings (SSSR count). The minimum absolute atomic E-state index is 0.469. The SMILES string of the molecule is CN=C(NCCCN1CCN(c2ncccn2)CC1)NC1CN(C(C)C)CC1C. The van der Waals surface area contributed by atoms with Crippen LogP contribution < -0.4 is 15.5 Å². The highest BCUT2D eigenvalue weighted by Crippen LogP contribution is 2.18. The number of hydrogen-bond acceptors (Lipinski definition) is 6. The van der Waals surface area contributed by atoms with Crippen LogP contribution in [0.3, 0.4) is 0 Å². The van der Waals surface area contributed by atoms with Crippen LogP contribution in [-0.2, 0) is 0 Å². The van der Waals surface area contributed by atoms with Gasteiger partial charge in [0.05, 0.1) is 0 Å². The molecule has 0 aliphatic carbocycles. The number of anilines is 1. The standard InChI is InChI=1S/C21H38N8/c1-17(2)29-15-18(3)19(16-29)26-20(22-4)23-9-6-10-27-11-13-28(14-12-27)21-24-7-5-8-25-21/h5,7-8,17-19H,6,9-16H2,1-4H3,(H2,22,23,26). The summed E-state index contributed by atoms with van der Waals surface area (Å²) in [7, 11) is 1.86. The third-order valence-corrected chi connectivity index (χ3v) is 6.07. The molecule has 0 bridgehead atoms. The minimum Gasteiger partial charge on any atom is -0.356 e. The van der Waals surface area contributed by atoms with E-state index in [4.69, 9.17) is 0 Å². The Balaban J connectivity index is 1.32. The zero-order valence-electron chi connectivity index (χ0n) is 18.5. The van der Waals surface area contributed by atoms with Gasteiger partial charge in [0.1, 0.15) is 0 Å². The molecule has 0 aromatic carbocycles. The number of aromatic nitrogens is 2. The zero-order valence-corrected chi connectivity index (χ0v) is 18.5. The normalized spacial score (nSPS) is 24.3. The summed E-state index contributed by atoms with van der Waals surface area (Å²) in [6.07, 6.45) is 4.74. The van der Waals surface area contributed by atoms with Crippen molar-refractivity contribution in [1.29, 1.82) is 0 Å². The van der Waals surface area contributed by atoms with Gasteiger partial charge >= 0.3 is 0 Å². The number of aliphatic imine (C=N–C) groups is 1. The molecule has 2 unspecified atom stereocenters. The van der Waals surface area contributed by atoms with E-state index in [1.165, 1.54) is 0 Å². The smallest absolute Gasteiger partial charge is 0.225 e. The lowest BCUT2D eigenvalue weighted by molar-refractivity contribution is 0.254. The lowest BCUT2D eigenvalue weighted by atomic mass is 10.1. The van der Waals surface area contributed by atoms with Crippen LogP contribution in [0.25, 0.3) is 0 Å². The molecule has 29 heavy (non-hydrogen) atoms. The summed E-state index contributed by atoms with van der Waals surface area (Å²) in [5, 5.41) is 7.12. The maximum atomic E-state index is 4.43. The summed E-state index contributed by atoms with van der Waals surface area (Å²) in [6, 6.07) is 2.94. The van der Waals surface area contributed by atoms with Gasteiger partial charge < -0.3 is 15.5 Å². The Morgan fingerprint density at radius 2 is 1.90 bits per heavy atom. The largest absolute Gasteiger partial charge is 0.356 e. The van der Waals surface area contributed by atoms with E-state index in [-0.39, 0.29) is 0 Å². The summed E-state index contributed by atoms with van der Waals surface area (Å²) in [6.45, 7) is 15.3. The second kappa shape index (κ2) is 10.7. The van der Waals surface area contributed by atoms with Gasteiger partial charge in [-0.1, -0.05) is 6.92 Å². The Morgan fingerprint density at radius 1 is 1.17 bits per heavy atom. The Labute approximate surface area is 175 Å². The van der Waals surface area contributed by atoms with Crippen molar-refractivity contribution in [2.24, 2.45) is 10.9 Å². The van der Waals surface area contributed by atoms with E-state index in [0.717, 1.165) is 70.7 Å². The first-order chi connectivity index (χ1) is 14.1. The third-order valence-electron chi connectivity index (χ3n) is 6.07. The van der Waals surface area contributed by atoms with Crippen molar-refractivity contribution in [3.8, 4) is 0 Å². The summed E-state index contributed by atoms with van der Waals surface area (Å²) < 4.78 is 0. The average Bonchev–Trinajstić information content (AvgIpc) is 3.12. The molecule has 8 heteroatoms. The minimum atomic E-state index is 0.469. The Bertz CT molecular complexity index is 627. The van der Waals surface area contributed by atoms with Crippen molar-refractivity contribution < 1.29 is 0 Å². The van der Waals surface area contributed by atoms with Crippen molar-refractivity contribution in [1.82, 2.24) is 30.4 Å². The van der Waals surface area contributed by atoms with Crippen molar-refractivity contribution in [3.05, 3.63) is 18.5 Å². The monoisotopic (exact) mass is 402 g/mol. The van der Waals surface area contributed by atoms with Crippen LogP contribution in [0.2, 0.25) is 0 Å². The summed E-state index contributed by atoms with van der Waals surface area (Å²) in [4.78, 5) is 20.5. The number of nitrogens with zero attached hydrogens (tertiary/aromatic N) is 6. The topological polar surface area (TPSA) is 71.9 Å². The Morgan fingerprint density at radius 3 is 2.52 bits per heavy atom. The van der Waals surface area contributed by atoms with Gasteiger partial charge in [-0.2, -0.15) is 0 Å². The Hall–Kier alpha value is -1.93. The quantitative estimate of drug-likeness (QED) is 0.399. The molecular formula is C21H38N8. The fourth-order valence-electron chi connectivity index (χ4n) is 4.12. The lowest BCUT2D eigenvalue weighted by Gasteiger charge is -2.34. The van der Waals surface area contributed by atoms with Crippen LogP contribution in [0.4, 0.5) is 5.95 Å². The average molecular weight is 403 g/mol. The molecule has 162 valence electrons. The molecule has 2 N–H and O–H groups in total. The van der Waals surface area contributed by atoms with Crippen molar-refractivity contribution >= 4 is 11.9 Å². The summed E-state index contributed by atoms with van der Waals surface area (Å²) in [5.74, 6) is 2.42. The number of hydrogen-bond donors (Lipinski definition) is 2. The molecule has 1 aromatic rings. The van der Waals surface area contributed by atoms with E-state index in [2.05, 4.69) is 61.1 Å². The zero-order chi connectivity index (χ0) is 20.6. The van der Waals surface area contributed by atoms with E-state index in [9.17, 15) is 0 Å². The molecule has 2 aliphatic rings. The van der Waals surface area contributed by atoms with Gasteiger partial charge in [0, 0.05) is 77.3 Å². The van der Waals surface area contributed by atoms with E-state index in [1.54, 1.807) is 0 Å². The highest BCUT2D eigenvalue weighted by Gasteiger charge is 2.31. The molecule has 3 heterocycles. The number of likely N-dealkylation sites (tertiary alicyclic amines) is 1. The van der Waals surface area contributed by atoms with Crippen LogP contribution in [0.1, 0.15) is 27.2 Å². The molecule has 0 amide bonds. The fraction of sp³-hybridized carbons (Fsp3) is 0.762. The van der Waals surface area contributed by atoms with Gasteiger partial charge in [-0.3, -0.25) is 14.8 Å². The number of rotatable bonds is 7. The van der Waals surface area contributed by atoms with E-state index >= 15 is 0 Å². The molecule has 0 spiro atoms. The maximum absolute atomic E-state index is 4.43. The van der Waals surface area contributed by atoms with Crippen molar-refractivity contribution in [2.45, 2.75) is 39.3 Å².